The van der Waals surface area contributed by atoms with Crippen molar-refractivity contribution in [2.24, 2.45) is 5.92 Å². The number of nitrogens with one attached hydrogen (secondary N) is 1. The second-order valence-electron chi connectivity index (χ2n) is 6.29. The molecular weight excluding hydrogens is 260 g/mol. The van der Waals surface area contributed by atoms with Crippen LogP contribution in [0.25, 0.3) is 0 Å². The van der Waals surface area contributed by atoms with Gasteiger partial charge in [-0.2, -0.15) is 5.10 Å². The van der Waals surface area contributed by atoms with E-state index in [9.17, 15) is 0 Å². The number of rotatable bonds is 4. The van der Waals surface area contributed by atoms with Crippen LogP contribution < -0.4 is 5.32 Å². The molecular formula is C17H22N4. The lowest BCUT2D eigenvalue weighted by Gasteiger charge is -2.31. The Balaban J connectivity index is 1.39. The first kappa shape index (κ1) is 12.9. The van der Waals surface area contributed by atoms with Crippen LogP contribution in [0.15, 0.2) is 42.7 Å². The molecule has 0 spiro atoms. The van der Waals surface area contributed by atoms with Crippen LogP contribution in [-0.2, 0) is 6.54 Å². The van der Waals surface area contributed by atoms with Crippen molar-refractivity contribution in [1.29, 1.82) is 0 Å². The lowest BCUT2D eigenvalue weighted by molar-refractivity contribution is 0.255. The van der Waals surface area contributed by atoms with E-state index >= 15 is 0 Å². The van der Waals surface area contributed by atoms with Crippen molar-refractivity contribution in [3.05, 3.63) is 48.3 Å². The fourth-order valence-electron chi connectivity index (χ4n) is 3.64. The zero-order valence-electron chi connectivity index (χ0n) is 12.3. The van der Waals surface area contributed by atoms with Crippen molar-refractivity contribution in [1.82, 2.24) is 14.7 Å². The van der Waals surface area contributed by atoms with Crippen LogP contribution in [-0.4, -0.2) is 40.4 Å². The van der Waals surface area contributed by atoms with E-state index in [0.29, 0.717) is 6.04 Å². The summed E-state index contributed by atoms with van der Waals surface area (Å²) in [5, 5.41) is 8.00. The Hall–Kier alpha value is -1.81. The highest BCUT2D eigenvalue weighted by atomic mass is 15.3. The zero-order chi connectivity index (χ0) is 14.1. The van der Waals surface area contributed by atoms with E-state index in [-0.39, 0.29) is 0 Å². The van der Waals surface area contributed by atoms with Crippen molar-refractivity contribution in [2.45, 2.75) is 25.4 Å². The van der Waals surface area contributed by atoms with Crippen molar-refractivity contribution in [3.63, 3.8) is 0 Å². The van der Waals surface area contributed by atoms with Crippen LogP contribution >= 0.6 is 0 Å². The Labute approximate surface area is 125 Å². The number of nitrogens with zero attached hydrogens (tertiary/aromatic N) is 3. The quantitative estimate of drug-likeness (QED) is 0.935. The molecule has 2 fully saturated rings. The highest BCUT2D eigenvalue weighted by molar-refractivity contribution is 5.45. The molecule has 2 saturated heterocycles. The Morgan fingerprint density at radius 2 is 2.00 bits per heavy atom. The fourth-order valence-corrected chi connectivity index (χ4v) is 3.64. The van der Waals surface area contributed by atoms with Crippen molar-refractivity contribution >= 4 is 5.69 Å². The minimum absolute atomic E-state index is 0.653. The predicted molar refractivity (Wildman–Crippen MR) is 84.3 cm³/mol. The summed E-state index contributed by atoms with van der Waals surface area (Å²) in [4.78, 5) is 2.59. The van der Waals surface area contributed by atoms with Crippen LogP contribution in [0.2, 0.25) is 0 Å². The third kappa shape index (κ3) is 2.81. The van der Waals surface area contributed by atoms with Gasteiger partial charge in [-0.25, -0.2) is 0 Å². The van der Waals surface area contributed by atoms with E-state index in [4.69, 9.17) is 0 Å². The second kappa shape index (κ2) is 5.53. The summed E-state index contributed by atoms with van der Waals surface area (Å²) in [7, 11) is 0. The lowest BCUT2D eigenvalue weighted by Crippen LogP contribution is -2.39. The molecule has 2 aliphatic heterocycles. The average Bonchev–Trinajstić information content (AvgIpc) is 3.14. The third-order valence-corrected chi connectivity index (χ3v) is 4.84. The summed E-state index contributed by atoms with van der Waals surface area (Å²) >= 11 is 0. The van der Waals surface area contributed by atoms with Crippen molar-refractivity contribution in [3.8, 4) is 0 Å². The van der Waals surface area contributed by atoms with Gasteiger partial charge >= 0.3 is 0 Å². The van der Waals surface area contributed by atoms with Crippen LogP contribution in [0.4, 0.5) is 5.69 Å². The normalized spacial score (nSPS) is 27.7. The maximum absolute atomic E-state index is 4.25. The summed E-state index contributed by atoms with van der Waals surface area (Å²) in [6.07, 6.45) is 6.46. The molecule has 0 amide bonds. The Morgan fingerprint density at radius 3 is 2.81 bits per heavy atom. The first-order valence-corrected chi connectivity index (χ1v) is 7.92. The Bertz CT molecular complexity index is 575. The largest absolute Gasteiger partial charge is 0.382 e. The molecule has 3 heterocycles. The molecule has 2 bridgehead atoms. The first-order chi connectivity index (χ1) is 10.4. The van der Waals surface area contributed by atoms with Crippen molar-refractivity contribution < 1.29 is 0 Å². The molecule has 2 aromatic rings. The van der Waals surface area contributed by atoms with Gasteiger partial charge in [-0.1, -0.05) is 12.1 Å². The molecule has 21 heavy (non-hydrogen) atoms. The number of anilines is 1. The molecule has 1 aromatic heterocycles. The van der Waals surface area contributed by atoms with Gasteiger partial charge in [0.25, 0.3) is 0 Å². The SMILES string of the molecule is c1cnn(Cc2ccc(NC3CCN4CCC3C4)cc2)c1. The van der Waals surface area contributed by atoms with Crippen LogP contribution in [0.3, 0.4) is 0 Å². The summed E-state index contributed by atoms with van der Waals surface area (Å²) in [6.45, 7) is 4.68. The van der Waals surface area contributed by atoms with E-state index in [1.165, 1.54) is 43.7 Å². The Morgan fingerprint density at radius 1 is 1.14 bits per heavy atom. The number of piperidine rings is 1. The Kier molecular flexibility index (Phi) is 3.39. The minimum Gasteiger partial charge on any atom is -0.382 e. The highest BCUT2D eigenvalue weighted by Crippen LogP contribution is 2.29. The van der Waals surface area contributed by atoms with Gasteiger partial charge in [0.2, 0.25) is 0 Å². The minimum atomic E-state index is 0.653. The summed E-state index contributed by atoms with van der Waals surface area (Å²) in [5.41, 5.74) is 2.55. The molecule has 1 N–H and O–H groups in total. The second-order valence-corrected chi connectivity index (χ2v) is 6.29. The average molecular weight is 282 g/mol. The molecule has 1 aromatic carbocycles. The van der Waals surface area contributed by atoms with Crippen LogP contribution in [0.1, 0.15) is 18.4 Å². The van der Waals surface area contributed by atoms with E-state index in [0.717, 1.165) is 12.5 Å². The number of benzene rings is 1. The van der Waals surface area contributed by atoms with Gasteiger partial charge in [0.1, 0.15) is 0 Å². The topological polar surface area (TPSA) is 33.1 Å². The zero-order valence-corrected chi connectivity index (χ0v) is 12.3. The van der Waals surface area contributed by atoms with Gasteiger partial charge in [-0.15, -0.1) is 0 Å². The maximum Gasteiger partial charge on any atom is 0.0659 e. The summed E-state index contributed by atoms with van der Waals surface area (Å²) < 4.78 is 1.96. The van der Waals surface area contributed by atoms with Crippen molar-refractivity contribution in [2.75, 3.05) is 25.0 Å². The molecule has 4 nitrogen and oxygen atoms in total. The maximum atomic E-state index is 4.25. The molecule has 4 heteroatoms. The van der Waals surface area contributed by atoms with Gasteiger partial charge in [-0.05, 0) is 49.1 Å². The molecule has 3 atom stereocenters. The standard InChI is InChI=1S/C17H22N4/c1-8-18-21(9-1)12-14-2-4-16(5-3-14)19-17-7-11-20-10-6-15(17)13-20/h1-5,8-9,15,17,19H,6-7,10-13H2. The van der Waals surface area contributed by atoms with E-state index < -0.39 is 0 Å². The third-order valence-electron chi connectivity index (χ3n) is 4.84. The van der Waals surface area contributed by atoms with Gasteiger partial charge in [0.05, 0.1) is 6.54 Å². The van der Waals surface area contributed by atoms with E-state index in [2.05, 4.69) is 39.6 Å². The van der Waals surface area contributed by atoms with Gasteiger partial charge in [0, 0.05) is 37.2 Å². The molecule has 0 radical (unpaired) electrons. The molecule has 3 unspecified atom stereocenters. The number of hydrogen-bond donors (Lipinski definition) is 1. The monoisotopic (exact) mass is 282 g/mol. The van der Waals surface area contributed by atoms with Gasteiger partial charge < -0.3 is 10.2 Å². The first-order valence-electron chi connectivity index (χ1n) is 7.92. The van der Waals surface area contributed by atoms with Crippen LogP contribution in [0.5, 0.6) is 0 Å². The number of aromatic nitrogens is 2. The molecule has 0 aliphatic carbocycles. The molecule has 110 valence electrons. The van der Waals surface area contributed by atoms with E-state index in [1.54, 1.807) is 0 Å². The predicted octanol–water partition coefficient (Wildman–Crippen LogP) is 2.44. The highest BCUT2D eigenvalue weighted by Gasteiger charge is 2.33. The lowest BCUT2D eigenvalue weighted by atomic mass is 9.94. The molecule has 2 aliphatic rings. The molecule has 4 rings (SSSR count). The number of fused-ring (bicyclic) bond motifs is 2. The molecule has 0 saturated carbocycles. The fraction of sp³-hybridized carbons (Fsp3) is 0.471. The summed E-state index contributed by atoms with van der Waals surface area (Å²) in [6, 6.07) is 11.4. The van der Waals surface area contributed by atoms with Gasteiger partial charge in [-0.3, -0.25) is 4.68 Å². The number of hydrogen-bond acceptors (Lipinski definition) is 3. The van der Waals surface area contributed by atoms with Gasteiger partial charge in [0.15, 0.2) is 0 Å². The van der Waals surface area contributed by atoms with E-state index in [1.807, 2.05) is 23.1 Å². The smallest absolute Gasteiger partial charge is 0.0659 e. The summed E-state index contributed by atoms with van der Waals surface area (Å²) in [5.74, 6) is 0.836. The van der Waals surface area contributed by atoms with Crippen LogP contribution in [0, 0.1) is 5.92 Å².